The Bertz CT molecular complexity index is 515. The minimum atomic E-state index is -4.70. The van der Waals surface area contributed by atoms with Gasteiger partial charge in [-0.25, -0.2) is 9.78 Å². The summed E-state index contributed by atoms with van der Waals surface area (Å²) in [4.78, 5) is 26.2. The van der Waals surface area contributed by atoms with Crippen molar-refractivity contribution >= 4 is 12.0 Å². The molecule has 1 heterocycles. The van der Waals surface area contributed by atoms with E-state index in [1.807, 2.05) is 0 Å². The molecular weight excluding hydrogens is 295 g/mol. The highest BCUT2D eigenvalue weighted by atomic mass is 19.4. The number of aromatic nitrogens is 1. The second-order valence-corrected chi connectivity index (χ2v) is 4.35. The van der Waals surface area contributed by atoms with Crippen LogP contribution in [0.3, 0.4) is 0 Å². The molecule has 0 fully saturated rings. The molecule has 0 saturated heterocycles. The molecular formula is C11H14F3N3O4. The molecule has 2 amide bonds. The third-order valence-corrected chi connectivity index (χ3v) is 2.33. The fourth-order valence-corrected chi connectivity index (χ4v) is 1.49. The lowest BCUT2D eigenvalue weighted by atomic mass is 10.3. The van der Waals surface area contributed by atoms with E-state index in [1.54, 1.807) is 6.92 Å². The van der Waals surface area contributed by atoms with E-state index in [2.05, 4.69) is 10.3 Å². The van der Waals surface area contributed by atoms with Crippen molar-refractivity contribution in [3.8, 4) is 0 Å². The number of hydrogen-bond donors (Lipinski definition) is 2. The van der Waals surface area contributed by atoms with Gasteiger partial charge in [0.05, 0.1) is 6.20 Å². The van der Waals surface area contributed by atoms with Gasteiger partial charge in [-0.1, -0.05) is 0 Å². The third kappa shape index (κ3) is 5.71. The van der Waals surface area contributed by atoms with Crippen molar-refractivity contribution in [2.24, 2.45) is 0 Å². The van der Waals surface area contributed by atoms with Gasteiger partial charge in [0.2, 0.25) is 5.89 Å². The van der Waals surface area contributed by atoms with Crippen LogP contribution in [-0.4, -0.2) is 46.3 Å². The van der Waals surface area contributed by atoms with E-state index < -0.39 is 37.3 Å². The van der Waals surface area contributed by atoms with E-state index in [4.69, 9.17) is 9.52 Å². The Morgan fingerprint density at radius 3 is 2.57 bits per heavy atom. The van der Waals surface area contributed by atoms with Crippen molar-refractivity contribution in [2.75, 3.05) is 13.1 Å². The number of carboxylic acids is 1. The van der Waals surface area contributed by atoms with E-state index in [0.29, 0.717) is 5.76 Å². The van der Waals surface area contributed by atoms with Gasteiger partial charge in [0.1, 0.15) is 24.9 Å². The van der Waals surface area contributed by atoms with Crippen molar-refractivity contribution in [1.29, 1.82) is 0 Å². The van der Waals surface area contributed by atoms with Crippen LogP contribution in [0.5, 0.6) is 0 Å². The summed E-state index contributed by atoms with van der Waals surface area (Å²) in [5.41, 5.74) is 0. The molecule has 0 radical (unpaired) electrons. The highest BCUT2D eigenvalue weighted by Gasteiger charge is 2.34. The van der Waals surface area contributed by atoms with Gasteiger partial charge in [0.25, 0.3) is 0 Å². The van der Waals surface area contributed by atoms with Crippen LogP contribution in [-0.2, 0) is 4.79 Å². The van der Waals surface area contributed by atoms with Gasteiger partial charge < -0.3 is 19.7 Å². The standard InChI is InChI=1S/C11H14F3N3O4/c1-6-3-15-9(21-6)7(2)16-10(20)17(4-8(18)19)5-11(12,13)14/h3,7H,4-5H2,1-2H3,(H,16,20)(H,18,19). The molecule has 0 aliphatic rings. The molecule has 0 aliphatic heterocycles. The Labute approximate surface area is 117 Å². The second kappa shape index (κ2) is 6.46. The Balaban J connectivity index is 2.73. The van der Waals surface area contributed by atoms with Crippen molar-refractivity contribution in [3.05, 3.63) is 17.8 Å². The van der Waals surface area contributed by atoms with Crippen LogP contribution in [0.2, 0.25) is 0 Å². The van der Waals surface area contributed by atoms with Crippen LogP contribution < -0.4 is 5.32 Å². The fourth-order valence-electron chi connectivity index (χ4n) is 1.49. The van der Waals surface area contributed by atoms with Crippen LogP contribution in [0.15, 0.2) is 10.6 Å². The SMILES string of the molecule is Cc1cnc(C(C)NC(=O)N(CC(=O)O)CC(F)(F)F)o1. The molecule has 0 aliphatic carbocycles. The predicted molar refractivity (Wildman–Crippen MR) is 63.5 cm³/mol. The molecule has 118 valence electrons. The number of rotatable bonds is 5. The van der Waals surface area contributed by atoms with Gasteiger partial charge in [-0.05, 0) is 13.8 Å². The minimum absolute atomic E-state index is 0.114. The maximum absolute atomic E-state index is 12.3. The lowest BCUT2D eigenvalue weighted by molar-refractivity contribution is -0.149. The first-order chi connectivity index (χ1) is 9.58. The first kappa shape index (κ1) is 16.8. The van der Waals surface area contributed by atoms with Gasteiger partial charge in [-0.3, -0.25) is 4.79 Å². The molecule has 21 heavy (non-hydrogen) atoms. The summed E-state index contributed by atoms with van der Waals surface area (Å²) in [6, 6.07) is -1.96. The molecule has 0 spiro atoms. The van der Waals surface area contributed by atoms with E-state index >= 15 is 0 Å². The number of carbonyl (C=O) groups is 2. The topological polar surface area (TPSA) is 95.7 Å². The summed E-state index contributed by atoms with van der Waals surface area (Å²) < 4.78 is 42.1. The molecule has 1 rings (SSSR count). The maximum Gasteiger partial charge on any atom is 0.406 e. The minimum Gasteiger partial charge on any atom is -0.480 e. The first-order valence-electron chi connectivity index (χ1n) is 5.85. The average molecular weight is 309 g/mol. The Morgan fingerprint density at radius 1 is 1.52 bits per heavy atom. The van der Waals surface area contributed by atoms with E-state index in [-0.39, 0.29) is 10.8 Å². The number of aryl methyl sites for hydroxylation is 1. The number of alkyl halides is 3. The highest BCUT2D eigenvalue weighted by molar-refractivity contribution is 5.80. The predicted octanol–water partition coefficient (Wildman–Crippen LogP) is 1.70. The number of carbonyl (C=O) groups excluding carboxylic acids is 1. The van der Waals surface area contributed by atoms with Crippen molar-refractivity contribution in [1.82, 2.24) is 15.2 Å². The number of halogens is 3. The van der Waals surface area contributed by atoms with Crippen molar-refractivity contribution < 1.29 is 32.3 Å². The summed E-state index contributed by atoms with van der Waals surface area (Å²) in [5, 5.41) is 10.8. The molecule has 1 unspecified atom stereocenters. The van der Waals surface area contributed by atoms with E-state index in [1.165, 1.54) is 13.1 Å². The van der Waals surface area contributed by atoms with Crippen LogP contribution in [0.4, 0.5) is 18.0 Å². The van der Waals surface area contributed by atoms with Gasteiger partial charge >= 0.3 is 18.2 Å². The molecule has 1 aromatic rings. The number of nitrogens with one attached hydrogen (secondary N) is 1. The van der Waals surface area contributed by atoms with Crippen LogP contribution >= 0.6 is 0 Å². The fraction of sp³-hybridized carbons (Fsp3) is 0.545. The molecule has 0 saturated carbocycles. The number of hydrogen-bond acceptors (Lipinski definition) is 4. The smallest absolute Gasteiger partial charge is 0.406 e. The van der Waals surface area contributed by atoms with Gasteiger partial charge in [0.15, 0.2) is 0 Å². The van der Waals surface area contributed by atoms with Crippen LogP contribution in [0.1, 0.15) is 24.6 Å². The molecule has 0 bridgehead atoms. The summed E-state index contributed by atoms with van der Waals surface area (Å²) >= 11 is 0. The summed E-state index contributed by atoms with van der Waals surface area (Å²) in [6.45, 7) is 0.340. The number of amides is 2. The van der Waals surface area contributed by atoms with Crippen molar-refractivity contribution in [3.63, 3.8) is 0 Å². The van der Waals surface area contributed by atoms with Crippen LogP contribution in [0, 0.1) is 6.92 Å². The van der Waals surface area contributed by atoms with Gasteiger partial charge in [0, 0.05) is 0 Å². The Hall–Kier alpha value is -2.26. The molecule has 1 aromatic heterocycles. The zero-order chi connectivity index (χ0) is 16.2. The largest absolute Gasteiger partial charge is 0.480 e. The molecule has 1 atom stereocenters. The number of carboxylic acid groups (broad SMARTS) is 1. The number of aliphatic carboxylic acids is 1. The lowest BCUT2D eigenvalue weighted by Crippen LogP contribution is -2.47. The summed E-state index contributed by atoms with van der Waals surface area (Å²) in [7, 11) is 0. The van der Waals surface area contributed by atoms with E-state index in [9.17, 15) is 22.8 Å². The van der Waals surface area contributed by atoms with Gasteiger partial charge in [-0.2, -0.15) is 13.2 Å². The average Bonchev–Trinajstić information content (AvgIpc) is 2.72. The summed E-state index contributed by atoms with van der Waals surface area (Å²) in [5.74, 6) is -0.957. The van der Waals surface area contributed by atoms with Gasteiger partial charge in [-0.15, -0.1) is 0 Å². The highest BCUT2D eigenvalue weighted by Crippen LogP contribution is 2.17. The Kier molecular flexibility index (Phi) is 5.17. The molecule has 0 aromatic carbocycles. The Morgan fingerprint density at radius 2 is 2.14 bits per heavy atom. The quantitative estimate of drug-likeness (QED) is 0.863. The lowest BCUT2D eigenvalue weighted by Gasteiger charge is -2.23. The molecule has 2 N–H and O–H groups in total. The normalized spacial score (nSPS) is 12.8. The molecule has 10 heteroatoms. The molecule has 7 nitrogen and oxygen atoms in total. The zero-order valence-corrected chi connectivity index (χ0v) is 11.3. The number of oxazole rings is 1. The monoisotopic (exact) mass is 309 g/mol. The number of nitrogens with zero attached hydrogens (tertiary/aromatic N) is 2. The summed E-state index contributed by atoms with van der Waals surface area (Å²) in [6.07, 6.45) is -3.31. The third-order valence-electron chi connectivity index (χ3n) is 2.33. The van der Waals surface area contributed by atoms with Crippen molar-refractivity contribution in [2.45, 2.75) is 26.1 Å². The number of urea groups is 1. The maximum atomic E-state index is 12.3. The van der Waals surface area contributed by atoms with E-state index in [0.717, 1.165) is 0 Å². The van der Waals surface area contributed by atoms with Crippen LogP contribution in [0.25, 0.3) is 0 Å². The zero-order valence-electron chi connectivity index (χ0n) is 11.3. The first-order valence-corrected chi connectivity index (χ1v) is 5.85. The second-order valence-electron chi connectivity index (χ2n) is 4.35.